The summed E-state index contributed by atoms with van der Waals surface area (Å²) >= 11 is 0. The molecule has 1 aliphatic carbocycles. The second-order valence-corrected chi connectivity index (χ2v) is 7.55. The molecular formula is C21H34FIN4. The Bertz CT molecular complexity index is 602. The van der Waals surface area contributed by atoms with Crippen LogP contribution in [-0.2, 0) is 0 Å². The third-order valence-corrected chi connectivity index (χ3v) is 5.49. The van der Waals surface area contributed by atoms with Crippen molar-refractivity contribution in [1.29, 1.82) is 0 Å². The van der Waals surface area contributed by atoms with E-state index in [2.05, 4.69) is 34.4 Å². The van der Waals surface area contributed by atoms with Crippen LogP contribution < -0.4 is 10.6 Å². The van der Waals surface area contributed by atoms with E-state index in [-0.39, 0.29) is 41.8 Å². The smallest absolute Gasteiger partial charge is 0.191 e. The van der Waals surface area contributed by atoms with Crippen molar-refractivity contribution in [3.05, 3.63) is 35.6 Å². The van der Waals surface area contributed by atoms with E-state index in [0.717, 1.165) is 37.3 Å². The van der Waals surface area contributed by atoms with Crippen molar-refractivity contribution in [3.8, 4) is 0 Å². The van der Waals surface area contributed by atoms with Crippen LogP contribution in [0.25, 0.3) is 0 Å². The van der Waals surface area contributed by atoms with Crippen LogP contribution in [-0.4, -0.2) is 49.1 Å². The normalized spacial score (nSPS) is 23.6. The summed E-state index contributed by atoms with van der Waals surface area (Å²) in [5.41, 5.74) is 0.824. The molecule has 0 aromatic heterocycles. The van der Waals surface area contributed by atoms with Gasteiger partial charge in [-0.2, -0.15) is 0 Å². The molecule has 0 amide bonds. The number of halogens is 2. The molecule has 0 bridgehead atoms. The summed E-state index contributed by atoms with van der Waals surface area (Å²) in [6.45, 7) is 8.61. The molecule has 2 N–H and O–H groups in total. The number of benzene rings is 1. The van der Waals surface area contributed by atoms with Crippen LogP contribution in [0.1, 0.15) is 57.4 Å². The Kier molecular flexibility index (Phi) is 9.29. The van der Waals surface area contributed by atoms with E-state index >= 15 is 0 Å². The van der Waals surface area contributed by atoms with Gasteiger partial charge in [0.25, 0.3) is 0 Å². The molecule has 0 radical (unpaired) electrons. The zero-order valence-corrected chi connectivity index (χ0v) is 18.9. The zero-order chi connectivity index (χ0) is 18.4. The highest BCUT2D eigenvalue weighted by atomic mass is 127. The van der Waals surface area contributed by atoms with Crippen molar-refractivity contribution in [1.82, 2.24) is 15.5 Å². The first kappa shape index (κ1) is 22.4. The molecule has 6 heteroatoms. The Morgan fingerprint density at radius 3 is 2.59 bits per heavy atom. The molecule has 2 atom stereocenters. The number of hydrogen-bond acceptors (Lipinski definition) is 2. The van der Waals surface area contributed by atoms with E-state index in [0.29, 0.717) is 6.04 Å². The van der Waals surface area contributed by atoms with Crippen LogP contribution in [0.4, 0.5) is 4.39 Å². The molecule has 2 fully saturated rings. The molecule has 1 saturated carbocycles. The first-order valence-corrected chi connectivity index (χ1v) is 10.3. The van der Waals surface area contributed by atoms with Crippen LogP contribution in [0.2, 0.25) is 0 Å². The lowest BCUT2D eigenvalue weighted by Crippen LogP contribution is -2.49. The lowest BCUT2D eigenvalue weighted by Gasteiger charge is -2.33. The second-order valence-electron chi connectivity index (χ2n) is 7.55. The summed E-state index contributed by atoms with van der Waals surface area (Å²) in [5.74, 6) is 1.06. The topological polar surface area (TPSA) is 39.7 Å². The number of nitrogens with zero attached hydrogens (tertiary/aromatic N) is 2. The number of aliphatic imine (C=N–C) groups is 1. The monoisotopic (exact) mass is 488 g/mol. The van der Waals surface area contributed by atoms with Gasteiger partial charge < -0.3 is 15.5 Å². The molecule has 2 unspecified atom stereocenters. The zero-order valence-electron chi connectivity index (χ0n) is 16.6. The van der Waals surface area contributed by atoms with E-state index in [9.17, 15) is 4.39 Å². The Labute approximate surface area is 180 Å². The van der Waals surface area contributed by atoms with Crippen LogP contribution >= 0.6 is 24.0 Å². The van der Waals surface area contributed by atoms with E-state index < -0.39 is 0 Å². The number of hydrogen-bond donors (Lipinski definition) is 2. The lowest BCUT2D eigenvalue weighted by atomic mass is 10.0. The molecule has 152 valence electrons. The minimum atomic E-state index is -0.0943. The molecule has 1 heterocycles. The van der Waals surface area contributed by atoms with Gasteiger partial charge in [0, 0.05) is 37.6 Å². The maximum Gasteiger partial charge on any atom is 0.191 e. The highest BCUT2D eigenvalue weighted by Gasteiger charge is 2.40. The SMILES string of the molecule is CCCCN1CCC(NC(=NCC)NC2CC2c2ccccc2F)CC1.I. The van der Waals surface area contributed by atoms with Crippen molar-refractivity contribution in [3.63, 3.8) is 0 Å². The molecule has 0 spiro atoms. The Morgan fingerprint density at radius 2 is 1.93 bits per heavy atom. The van der Waals surface area contributed by atoms with Gasteiger partial charge in [0.2, 0.25) is 0 Å². The summed E-state index contributed by atoms with van der Waals surface area (Å²) in [4.78, 5) is 7.17. The Balaban J connectivity index is 0.00000261. The summed E-state index contributed by atoms with van der Waals surface area (Å²) in [6, 6.07) is 7.89. The summed E-state index contributed by atoms with van der Waals surface area (Å²) in [5, 5.41) is 7.13. The van der Waals surface area contributed by atoms with E-state index in [4.69, 9.17) is 0 Å². The number of guanidine groups is 1. The van der Waals surface area contributed by atoms with Gasteiger partial charge in [-0.25, -0.2) is 4.39 Å². The van der Waals surface area contributed by atoms with Gasteiger partial charge in [-0.1, -0.05) is 31.5 Å². The molecule has 3 rings (SSSR count). The molecule has 1 aromatic rings. The van der Waals surface area contributed by atoms with Gasteiger partial charge in [0.1, 0.15) is 5.82 Å². The summed E-state index contributed by atoms with van der Waals surface area (Å²) in [6.07, 6.45) is 5.85. The van der Waals surface area contributed by atoms with Crippen molar-refractivity contribution >= 4 is 29.9 Å². The lowest BCUT2D eigenvalue weighted by molar-refractivity contribution is 0.203. The van der Waals surface area contributed by atoms with E-state index in [1.807, 2.05) is 12.1 Å². The summed E-state index contributed by atoms with van der Waals surface area (Å²) < 4.78 is 14.0. The maximum atomic E-state index is 14.0. The van der Waals surface area contributed by atoms with E-state index in [1.54, 1.807) is 12.1 Å². The number of rotatable bonds is 7. The van der Waals surface area contributed by atoms with Crippen LogP contribution in [0, 0.1) is 5.82 Å². The largest absolute Gasteiger partial charge is 0.354 e. The fourth-order valence-corrected chi connectivity index (χ4v) is 3.82. The standard InChI is InChI=1S/C21H33FN4.HI/c1-3-5-12-26-13-10-16(11-14-26)24-21(23-4-2)25-20-15-18(20)17-8-6-7-9-19(17)22;/h6-9,16,18,20H,3-5,10-15H2,1-2H3,(H2,23,24,25);1H. The van der Waals surface area contributed by atoms with Crippen molar-refractivity contribution in [2.45, 2.75) is 64.0 Å². The molecule has 27 heavy (non-hydrogen) atoms. The number of nitrogens with one attached hydrogen (secondary N) is 2. The highest BCUT2D eigenvalue weighted by molar-refractivity contribution is 14.0. The number of piperidine rings is 1. The molecule has 1 aliphatic heterocycles. The minimum absolute atomic E-state index is 0. The molecular weight excluding hydrogens is 454 g/mol. The van der Waals surface area contributed by atoms with Gasteiger partial charge in [0.15, 0.2) is 5.96 Å². The maximum absolute atomic E-state index is 14.0. The second kappa shape index (κ2) is 11.2. The third kappa shape index (κ3) is 6.59. The molecule has 1 aromatic carbocycles. The molecule has 2 aliphatic rings. The number of likely N-dealkylation sites (tertiary alicyclic amines) is 1. The fourth-order valence-electron chi connectivity index (χ4n) is 3.82. The number of unbranched alkanes of at least 4 members (excludes halogenated alkanes) is 1. The predicted molar refractivity (Wildman–Crippen MR) is 122 cm³/mol. The van der Waals surface area contributed by atoms with Crippen LogP contribution in [0.3, 0.4) is 0 Å². The van der Waals surface area contributed by atoms with Gasteiger partial charge in [-0.15, -0.1) is 24.0 Å². The van der Waals surface area contributed by atoms with Gasteiger partial charge in [-0.05, 0) is 50.8 Å². The fraction of sp³-hybridized carbons (Fsp3) is 0.667. The Morgan fingerprint density at radius 1 is 1.19 bits per heavy atom. The average molecular weight is 488 g/mol. The molecule has 4 nitrogen and oxygen atoms in total. The highest BCUT2D eigenvalue weighted by Crippen LogP contribution is 2.41. The summed E-state index contributed by atoms with van der Waals surface area (Å²) in [7, 11) is 0. The quantitative estimate of drug-likeness (QED) is 0.345. The van der Waals surface area contributed by atoms with Gasteiger partial charge in [-0.3, -0.25) is 4.99 Å². The Hall–Kier alpha value is -0.890. The third-order valence-electron chi connectivity index (χ3n) is 5.49. The van der Waals surface area contributed by atoms with Crippen molar-refractivity contribution < 1.29 is 4.39 Å². The predicted octanol–water partition coefficient (Wildman–Crippen LogP) is 4.12. The first-order valence-electron chi connectivity index (χ1n) is 10.3. The van der Waals surface area contributed by atoms with Crippen LogP contribution in [0.5, 0.6) is 0 Å². The minimum Gasteiger partial charge on any atom is -0.354 e. The van der Waals surface area contributed by atoms with Gasteiger partial charge in [0.05, 0.1) is 0 Å². The first-order chi connectivity index (χ1) is 12.7. The van der Waals surface area contributed by atoms with Crippen LogP contribution in [0.15, 0.2) is 29.3 Å². The van der Waals surface area contributed by atoms with Crippen molar-refractivity contribution in [2.24, 2.45) is 4.99 Å². The van der Waals surface area contributed by atoms with E-state index in [1.165, 1.54) is 32.5 Å². The van der Waals surface area contributed by atoms with Crippen molar-refractivity contribution in [2.75, 3.05) is 26.2 Å². The average Bonchev–Trinajstić information content (AvgIpc) is 3.40. The molecule has 1 saturated heterocycles. The van der Waals surface area contributed by atoms with Gasteiger partial charge >= 0.3 is 0 Å².